The van der Waals surface area contributed by atoms with E-state index in [1.807, 2.05) is 6.92 Å². The quantitative estimate of drug-likeness (QED) is 0.836. The van der Waals surface area contributed by atoms with Gasteiger partial charge in [-0.3, -0.25) is 9.10 Å². The van der Waals surface area contributed by atoms with Crippen LogP contribution in [0.2, 0.25) is 0 Å². The maximum Gasteiger partial charge on any atom is 0.264 e. The molecule has 0 saturated carbocycles. The highest BCUT2D eigenvalue weighted by atomic mass is 32.2. The number of carbonyl (C=O) groups excluding carboxylic acids is 1. The molecule has 2 aromatic carbocycles. The normalized spacial score (nSPS) is 14.3. The molecule has 0 fully saturated rings. The van der Waals surface area contributed by atoms with Crippen LogP contribution >= 0.6 is 11.8 Å². The maximum atomic E-state index is 14.2. The Kier molecular flexibility index (Phi) is 5.52. The fraction of sp³-hybridized carbons (Fsp3) is 0.278. The Hall–Kier alpha value is -2.06. The smallest absolute Gasteiger partial charge is 0.264 e. The van der Waals surface area contributed by atoms with Crippen molar-refractivity contribution in [3.63, 3.8) is 0 Å². The average molecular weight is 394 g/mol. The summed E-state index contributed by atoms with van der Waals surface area (Å²) >= 11 is 1.50. The van der Waals surface area contributed by atoms with Crippen molar-refractivity contribution in [3.05, 3.63) is 48.3 Å². The van der Waals surface area contributed by atoms with Crippen LogP contribution in [0, 0.1) is 5.82 Å². The molecule has 0 radical (unpaired) electrons. The highest BCUT2D eigenvalue weighted by Crippen LogP contribution is 2.34. The molecule has 3 rings (SSSR count). The summed E-state index contributed by atoms with van der Waals surface area (Å²) in [5, 5.41) is 2.74. The predicted octanol–water partition coefficient (Wildman–Crippen LogP) is 3.87. The number of amides is 1. The van der Waals surface area contributed by atoms with Crippen LogP contribution in [0.15, 0.2) is 52.3 Å². The van der Waals surface area contributed by atoms with Gasteiger partial charge in [0.1, 0.15) is 5.82 Å². The van der Waals surface area contributed by atoms with E-state index in [0.717, 1.165) is 9.20 Å². The molecule has 1 aliphatic rings. The lowest BCUT2D eigenvalue weighted by Crippen LogP contribution is -2.32. The van der Waals surface area contributed by atoms with Crippen LogP contribution in [0.5, 0.6) is 0 Å². The summed E-state index contributed by atoms with van der Waals surface area (Å²) in [7, 11) is -3.97. The van der Waals surface area contributed by atoms with Gasteiger partial charge in [-0.2, -0.15) is 0 Å². The molecule has 0 atom stereocenters. The molecular formula is C18H19FN2O3S2. The van der Waals surface area contributed by atoms with Gasteiger partial charge in [-0.05, 0) is 36.8 Å². The van der Waals surface area contributed by atoms with Gasteiger partial charge in [0, 0.05) is 23.6 Å². The second kappa shape index (κ2) is 7.67. The van der Waals surface area contributed by atoms with Crippen LogP contribution in [-0.2, 0) is 14.8 Å². The van der Waals surface area contributed by atoms with Gasteiger partial charge in [0.05, 0.1) is 16.3 Å². The zero-order valence-electron chi connectivity index (χ0n) is 14.2. The van der Waals surface area contributed by atoms with Crippen molar-refractivity contribution in [1.82, 2.24) is 0 Å². The molecule has 1 N–H and O–H groups in total. The van der Waals surface area contributed by atoms with Crippen molar-refractivity contribution in [3.8, 4) is 0 Å². The molecule has 0 aliphatic carbocycles. The molecule has 0 bridgehead atoms. The van der Waals surface area contributed by atoms with E-state index in [9.17, 15) is 17.6 Å². The van der Waals surface area contributed by atoms with Crippen LogP contribution < -0.4 is 9.62 Å². The Bertz CT molecular complexity index is 932. The Labute approximate surface area is 156 Å². The number of carbonyl (C=O) groups is 1. The van der Waals surface area contributed by atoms with E-state index in [-0.39, 0.29) is 23.0 Å². The van der Waals surface area contributed by atoms with E-state index in [2.05, 4.69) is 5.32 Å². The highest BCUT2D eigenvalue weighted by molar-refractivity contribution is 7.99. The minimum atomic E-state index is -3.97. The number of rotatable bonds is 5. The van der Waals surface area contributed by atoms with Crippen molar-refractivity contribution >= 4 is 39.1 Å². The summed E-state index contributed by atoms with van der Waals surface area (Å²) < 4.78 is 41.6. The zero-order valence-corrected chi connectivity index (χ0v) is 15.9. The van der Waals surface area contributed by atoms with Gasteiger partial charge >= 0.3 is 0 Å². The molecule has 0 aromatic heterocycles. The first kappa shape index (κ1) is 18.7. The lowest BCUT2D eigenvalue weighted by atomic mass is 10.3. The van der Waals surface area contributed by atoms with Crippen LogP contribution in [0.3, 0.4) is 0 Å². The molecule has 1 aliphatic heterocycles. The Morgan fingerprint density at radius 3 is 2.73 bits per heavy atom. The van der Waals surface area contributed by atoms with Crippen LogP contribution in [0.1, 0.15) is 19.8 Å². The number of nitrogens with zero attached hydrogens (tertiary/aromatic N) is 1. The summed E-state index contributed by atoms with van der Waals surface area (Å²) in [5.41, 5.74) is 0.492. The van der Waals surface area contributed by atoms with Gasteiger partial charge in [-0.25, -0.2) is 12.8 Å². The third-order valence-corrected chi connectivity index (χ3v) is 6.83. The lowest BCUT2D eigenvalue weighted by Gasteiger charge is -2.25. The number of para-hydroxylation sites is 1. The Balaban J connectivity index is 2.06. The van der Waals surface area contributed by atoms with E-state index < -0.39 is 15.8 Å². The van der Waals surface area contributed by atoms with E-state index >= 15 is 0 Å². The fourth-order valence-electron chi connectivity index (χ4n) is 2.71. The first-order valence-corrected chi connectivity index (χ1v) is 10.7. The molecule has 2 aromatic rings. The number of hydrogen-bond acceptors (Lipinski definition) is 4. The van der Waals surface area contributed by atoms with Gasteiger partial charge in [0.15, 0.2) is 0 Å². The van der Waals surface area contributed by atoms with Gasteiger partial charge in [0.2, 0.25) is 5.91 Å². The molecular weight excluding hydrogens is 375 g/mol. The Morgan fingerprint density at radius 2 is 2.00 bits per heavy atom. The SMILES string of the molecule is CCCN(c1ccccc1F)S(=O)(=O)c1ccc2c(c1)NC(=O)CCS2. The number of hydrogen-bond donors (Lipinski definition) is 1. The first-order chi connectivity index (χ1) is 12.4. The van der Waals surface area contributed by atoms with Crippen molar-refractivity contribution < 1.29 is 17.6 Å². The van der Waals surface area contributed by atoms with Gasteiger partial charge in [-0.15, -0.1) is 11.8 Å². The molecule has 138 valence electrons. The van der Waals surface area contributed by atoms with Crippen LogP contribution in [0.4, 0.5) is 15.8 Å². The largest absolute Gasteiger partial charge is 0.325 e. The second-order valence-electron chi connectivity index (χ2n) is 5.83. The number of anilines is 2. The van der Waals surface area contributed by atoms with Crippen LogP contribution in [0.25, 0.3) is 0 Å². The fourth-order valence-corrected chi connectivity index (χ4v) is 5.24. The van der Waals surface area contributed by atoms with Crippen molar-refractivity contribution in [2.75, 3.05) is 21.9 Å². The van der Waals surface area contributed by atoms with E-state index in [4.69, 9.17) is 0 Å². The third-order valence-electron chi connectivity index (χ3n) is 3.95. The molecule has 0 spiro atoms. The predicted molar refractivity (Wildman–Crippen MR) is 102 cm³/mol. The van der Waals surface area contributed by atoms with Crippen LogP contribution in [-0.4, -0.2) is 26.6 Å². The van der Waals surface area contributed by atoms with Gasteiger partial charge in [0.25, 0.3) is 10.0 Å². The maximum absolute atomic E-state index is 14.2. The summed E-state index contributed by atoms with van der Waals surface area (Å²) in [6, 6.07) is 10.4. The number of fused-ring (bicyclic) bond motifs is 1. The molecule has 0 unspecified atom stereocenters. The summed E-state index contributed by atoms with van der Waals surface area (Å²) in [4.78, 5) is 12.6. The zero-order chi connectivity index (χ0) is 18.7. The number of sulfonamides is 1. The minimum absolute atomic E-state index is 0.0164. The Morgan fingerprint density at radius 1 is 1.23 bits per heavy atom. The van der Waals surface area contributed by atoms with E-state index in [0.29, 0.717) is 24.3 Å². The molecule has 26 heavy (non-hydrogen) atoms. The van der Waals surface area contributed by atoms with E-state index in [1.165, 1.54) is 42.1 Å². The first-order valence-electron chi connectivity index (χ1n) is 8.27. The van der Waals surface area contributed by atoms with Crippen molar-refractivity contribution in [2.45, 2.75) is 29.6 Å². The molecule has 1 amide bonds. The second-order valence-corrected chi connectivity index (χ2v) is 8.83. The average Bonchev–Trinajstić information content (AvgIpc) is 2.80. The number of halogens is 1. The standard InChI is InChI=1S/C18H19FN2O3S2/c1-2-10-21(16-6-4-3-5-14(16)19)26(23,24)13-7-8-17-15(12-13)20-18(22)9-11-25-17/h3-8,12H,2,9-11H2,1H3,(H,20,22). The monoisotopic (exact) mass is 394 g/mol. The molecule has 1 heterocycles. The number of nitrogens with one attached hydrogen (secondary N) is 1. The van der Waals surface area contributed by atoms with Crippen molar-refractivity contribution in [2.24, 2.45) is 0 Å². The summed E-state index contributed by atoms with van der Waals surface area (Å²) in [6.45, 7) is 1.98. The van der Waals surface area contributed by atoms with E-state index in [1.54, 1.807) is 12.1 Å². The molecule has 5 nitrogen and oxygen atoms in total. The third kappa shape index (κ3) is 3.71. The lowest BCUT2D eigenvalue weighted by molar-refractivity contribution is -0.115. The minimum Gasteiger partial charge on any atom is -0.325 e. The summed E-state index contributed by atoms with van der Waals surface area (Å²) in [6.07, 6.45) is 0.906. The summed E-state index contributed by atoms with van der Waals surface area (Å²) in [5.74, 6) is -0.101. The number of thioether (sulfide) groups is 1. The number of benzene rings is 2. The molecule has 0 saturated heterocycles. The van der Waals surface area contributed by atoms with Crippen molar-refractivity contribution in [1.29, 1.82) is 0 Å². The van der Waals surface area contributed by atoms with Gasteiger partial charge in [-0.1, -0.05) is 19.1 Å². The molecule has 8 heteroatoms. The highest BCUT2D eigenvalue weighted by Gasteiger charge is 2.27. The topological polar surface area (TPSA) is 66.5 Å². The van der Waals surface area contributed by atoms with Gasteiger partial charge < -0.3 is 5.32 Å².